The molecule has 1 N–H and O–H groups in total. The zero-order valence-electron chi connectivity index (χ0n) is 20.9. The number of ether oxygens (including phenoxy) is 1. The van der Waals surface area contributed by atoms with Crippen molar-refractivity contribution in [2.24, 2.45) is 4.99 Å². The highest BCUT2D eigenvalue weighted by Crippen LogP contribution is 2.25. The number of nitrogens with one attached hydrogen (secondary N) is 1. The van der Waals surface area contributed by atoms with E-state index in [0.717, 1.165) is 43.6 Å². The lowest BCUT2D eigenvalue weighted by Gasteiger charge is -2.31. The van der Waals surface area contributed by atoms with Crippen molar-refractivity contribution in [1.29, 1.82) is 0 Å². The molecule has 8 heteroatoms. The largest absolute Gasteiger partial charge is 0.378 e. The number of piperidine rings is 1. The van der Waals surface area contributed by atoms with E-state index in [1.807, 2.05) is 25.1 Å². The summed E-state index contributed by atoms with van der Waals surface area (Å²) in [5, 5.41) is 6.94. The summed E-state index contributed by atoms with van der Waals surface area (Å²) in [6, 6.07) is 16.2. The molecule has 1 aromatic heterocycles. The number of aliphatic imine (C=N–C) groups is 1. The molecule has 1 aliphatic rings. The van der Waals surface area contributed by atoms with Crippen molar-refractivity contribution in [2.75, 3.05) is 25.0 Å². The van der Waals surface area contributed by atoms with E-state index in [1.54, 1.807) is 6.92 Å². The van der Waals surface area contributed by atoms with Crippen molar-refractivity contribution in [3.63, 3.8) is 0 Å². The number of nitrogens with zero attached hydrogens (tertiary/aromatic N) is 4. The van der Waals surface area contributed by atoms with Gasteiger partial charge in [-0.2, -0.15) is 4.98 Å². The predicted molar refractivity (Wildman–Crippen MR) is 141 cm³/mol. The van der Waals surface area contributed by atoms with Crippen LogP contribution >= 0.6 is 0 Å². The Morgan fingerprint density at radius 3 is 2.78 bits per heavy atom. The van der Waals surface area contributed by atoms with Gasteiger partial charge in [0.1, 0.15) is 5.70 Å². The summed E-state index contributed by atoms with van der Waals surface area (Å²) in [6.45, 7) is 10.9. The molecule has 2 heterocycles. The number of amides is 1. The third kappa shape index (κ3) is 6.96. The number of aromatic nitrogens is 2. The summed E-state index contributed by atoms with van der Waals surface area (Å²) < 4.78 is 11.6. The molecule has 1 saturated heterocycles. The summed E-state index contributed by atoms with van der Waals surface area (Å²) in [5.74, 6) is 0.645. The third-order valence-corrected chi connectivity index (χ3v) is 6.21. The normalized spacial score (nSPS) is 14.8. The van der Waals surface area contributed by atoms with Gasteiger partial charge in [0.25, 0.3) is 11.8 Å². The lowest BCUT2D eigenvalue weighted by Crippen LogP contribution is -2.36. The number of likely N-dealkylation sites (tertiary alicyclic amines) is 1. The molecule has 0 aliphatic carbocycles. The number of hydrogen-bond acceptors (Lipinski definition) is 7. The first kappa shape index (κ1) is 25.5. The van der Waals surface area contributed by atoms with Crippen LogP contribution in [0.4, 0.5) is 5.69 Å². The summed E-state index contributed by atoms with van der Waals surface area (Å²) in [7, 11) is 0. The van der Waals surface area contributed by atoms with E-state index in [2.05, 4.69) is 62.3 Å². The molecule has 1 aliphatic heterocycles. The van der Waals surface area contributed by atoms with Crippen LogP contribution in [0.3, 0.4) is 0 Å². The van der Waals surface area contributed by atoms with Crippen LogP contribution in [0.5, 0.6) is 0 Å². The van der Waals surface area contributed by atoms with Crippen molar-refractivity contribution in [1.82, 2.24) is 15.0 Å². The molecule has 0 atom stereocenters. The lowest BCUT2D eigenvalue weighted by atomic mass is 10.1. The SMILES string of the molecule is C=C(N=CC)C(=O)Nc1cc(-c2nc(CCOC3CCN(Cc4ccccc4)CC3)no2)ccc1C. The van der Waals surface area contributed by atoms with Crippen LogP contribution in [0.25, 0.3) is 11.5 Å². The Kier molecular flexibility index (Phi) is 8.76. The van der Waals surface area contributed by atoms with Gasteiger partial charge in [0, 0.05) is 43.5 Å². The molecule has 2 aromatic carbocycles. The molecule has 188 valence electrons. The maximum absolute atomic E-state index is 12.3. The van der Waals surface area contributed by atoms with Gasteiger partial charge in [-0.3, -0.25) is 14.7 Å². The molecule has 1 fully saturated rings. The average Bonchev–Trinajstić information content (AvgIpc) is 3.36. The van der Waals surface area contributed by atoms with E-state index in [-0.39, 0.29) is 17.7 Å². The van der Waals surface area contributed by atoms with Gasteiger partial charge in [-0.15, -0.1) is 0 Å². The summed E-state index contributed by atoms with van der Waals surface area (Å²) >= 11 is 0. The molecular weight excluding hydrogens is 454 g/mol. The number of benzene rings is 2. The van der Waals surface area contributed by atoms with Crippen LogP contribution in [0.1, 0.15) is 36.7 Å². The van der Waals surface area contributed by atoms with Gasteiger partial charge in [0.15, 0.2) is 5.82 Å². The first-order chi connectivity index (χ1) is 17.5. The monoisotopic (exact) mass is 487 g/mol. The Balaban J connectivity index is 1.25. The fourth-order valence-electron chi connectivity index (χ4n) is 4.16. The van der Waals surface area contributed by atoms with E-state index < -0.39 is 0 Å². The fourth-order valence-corrected chi connectivity index (χ4v) is 4.16. The van der Waals surface area contributed by atoms with E-state index in [1.165, 1.54) is 11.8 Å². The van der Waals surface area contributed by atoms with E-state index in [0.29, 0.717) is 30.4 Å². The first-order valence-electron chi connectivity index (χ1n) is 12.3. The molecule has 8 nitrogen and oxygen atoms in total. The van der Waals surface area contributed by atoms with Crippen molar-refractivity contribution >= 4 is 17.8 Å². The van der Waals surface area contributed by atoms with Crippen LogP contribution in [0.15, 0.2) is 70.3 Å². The average molecular weight is 488 g/mol. The van der Waals surface area contributed by atoms with Crippen LogP contribution in [-0.2, 0) is 22.5 Å². The molecule has 0 spiro atoms. The highest BCUT2D eigenvalue weighted by Gasteiger charge is 2.20. The molecule has 0 unspecified atom stereocenters. The topological polar surface area (TPSA) is 92.8 Å². The molecule has 0 radical (unpaired) electrons. The standard InChI is InChI=1S/C28H33N5O3/c1-4-29-21(3)27(34)30-25-18-23(11-10-20(25)2)28-31-26(32-36-28)14-17-35-24-12-15-33(16-13-24)19-22-8-6-5-7-9-22/h4-11,18,24H,3,12-17,19H2,1-2H3,(H,30,34). The van der Waals surface area contributed by atoms with E-state index in [4.69, 9.17) is 9.26 Å². The Hall–Kier alpha value is -3.62. The highest BCUT2D eigenvalue weighted by molar-refractivity contribution is 6.04. The van der Waals surface area contributed by atoms with Gasteiger partial charge in [-0.05, 0) is 49.9 Å². The maximum atomic E-state index is 12.3. The number of carbonyl (C=O) groups is 1. The van der Waals surface area contributed by atoms with Crippen molar-refractivity contribution in [3.8, 4) is 11.5 Å². The smallest absolute Gasteiger partial charge is 0.273 e. The van der Waals surface area contributed by atoms with Crippen molar-refractivity contribution < 1.29 is 14.1 Å². The summed E-state index contributed by atoms with van der Waals surface area (Å²) in [4.78, 5) is 23.2. The zero-order valence-corrected chi connectivity index (χ0v) is 20.9. The number of aryl methyl sites for hydroxylation is 1. The van der Waals surface area contributed by atoms with Gasteiger partial charge in [-0.1, -0.05) is 48.1 Å². The molecule has 0 saturated carbocycles. The molecule has 36 heavy (non-hydrogen) atoms. The van der Waals surface area contributed by atoms with Crippen molar-refractivity contribution in [3.05, 3.63) is 77.8 Å². The van der Waals surface area contributed by atoms with Gasteiger partial charge in [-0.25, -0.2) is 0 Å². The number of rotatable bonds is 10. The molecule has 4 rings (SSSR count). The highest BCUT2D eigenvalue weighted by atomic mass is 16.5. The Morgan fingerprint density at radius 2 is 2.03 bits per heavy atom. The molecular formula is C28H33N5O3. The van der Waals surface area contributed by atoms with Crippen LogP contribution in [0.2, 0.25) is 0 Å². The van der Waals surface area contributed by atoms with Crippen LogP contribution in [-0.4, -0.2) is 53.0 Å². The minimum Gasteiger partial charge on any atom is -0.378 e. The van der Waals surface area contributed by atoms with Gasteiger partial charge < -0.3 is 14.6 Å². The zero-order chi connectivity index (χ0) is 25.3. The second-order valence-corrected chi connectivity index (χ2v) is 8.92. The summed E-state index contributed by atoms with van der Waals surface area (Å²) in [6.07, 6.45) is 4.43. The van der Waals surface area contributed by atoms with Gasteiger partial charge in [0.2, 0.25) is 0 Å². The third-order valence-electron chi connectivity index (χ3n) is 6.21. The van der Waals surface area contributed by atoms with Gasteiger partial charge >= 0.3 is 0 Å². The van der Waals surface area contributed by atoms with Crippen molar-refractivity contribution in [2.45, 2.75) is 45.8 Å². The second-order valence-electron chi connectivity index (χ2n) is 8.92. The number of hydrogen-bond donors (Lipinski definition) is 1. The first-order valence-corrected chi connectivity index (χ1v) is 12.3. The number of carbonyl (C=O) groups excluding carboxylic acids is 1. The molecule has 0 bridgehead atoms. The summed E-state index contributed by atoms with van der Waals surface area (Å²) in [5.41, 5.74) is 3.77. The Bertz CT molecular complexity index is 1200. The second kappa shape index (κ2) is 12.4. The minimum atomic E-state index is -0.359. The predicted octanol–water partition coefficient (Wildman–Crippen LogP) is 4.81. The molecule has 3 aromatic rings. The van der Waals surface area contributed by atoms with E-state index >= 15 is 0 Å². The van der Waals surface area contributed by atoms with Crippen LogP contribution in [0, 0.1) is 6.92 Å². The van der Waals surface area contributed by atoms with E-state index in [9.17, 15) is 4.79 Å². The van der Waals surface area contributed by atoms with Crippen LogP contribution < -0.4 is 5.32 Å². The fraction of sp³-hybridized carbons (Fsp3) is 0.357. The number of anilines is 1. The molecule has 1 amide bonds. The maximum Gasteiger partial charge on any atom is 0.273 e. The Labute approximate surface area is 212 Å². The minimum absolute atomic E-state index is 0.143. The Morgan fingerprint density at radius 1 is 1.25 bits per heavy atom. The van der Waals surface area contributed by atoms with Gasteiger partial charge in [0.05, 0.1) is 12.7 Å². The lowest BCUT2D eigenvalue weighted by molar-refractivity contribution is -0.112. The quantitative estimate of drug-likeness (QED) is 0.326.